The third-order valence-corrected chi connectivity index (χ3v) is 3.92. The summed E-state index contributed by atoms with van der Waals surface area (Å²) in [7, 11) is 0. The minimum Gasteiger partial charge on any atom is -0.355 e. The van der Waals surface area contributed by atoms with Crippen molar-refractivity contribution in [3.05, 3.63) is 17.4 Å². The Labute approximate surface area is 111 Å². The van der Waals surface area contributed by atoms with Crippen LogP contribution in [0, 0.1) is 5.92 Å². The zero-order chi connectivity index (χ0) is 12.5. The molecule has 2 fully saturated rings. The average Bonchev–Trinajstić information content (AvgIpc) is 2.70. The van der Waals surface area contributed by atoms with Gasteiger partial charge in [-0.25, -0.2) is 0 Å². The first-order valence-corrected chi connectivity index (χ1v) is 6.80. The highest BCUT2D eigenvalue weighted by atomic mass is 35.5. The second-order valence-corrected chi connectivity index (χ2v) is 5.59. The van der Waals surface area contributed by atoms with Gasteiger partial charge in [0.05, 0.1) is 17.3 Å². The predicted molar refractivity (Wildman–Crippen MR) is 68.3 cm³/mol. The number of piperidine rings is 1. The number of hydrogen-bond donors (Lipinski definition) is 1. The van der Waals surface area contributed by atoms with Crippen LogP contribution in [0.15, 0.2) is 12.4 Å². The molecule has 2 aliphatic rings. The summed E-state index contributed by atoms with van der Waals surface area (Å²) in [5, 5.41) is 7.79. The molecule has 18 heavy (non-hydrogen) atoms. The Hall–Kier alpha value is -1.07. The Kier molecular flexibility index (Phi) is 3.26. The number of nitrogens with zero attached hydrogens (tertiary/aromatic N) is 3. The van der Waals surface area contributed by atoms with Crippen LogP contribution in [0.4, 0.5) is 0 Å². The van der Waals surface area contributed by atoms with Gasteiger partial charge in [0.2, 0.25) is 5.91 Å². The van der Waals surface area contributed by atoms with Crippen LogP contribution in [0.1, 0.15) is 12.8 Å². The highest BCUT2D eigenvalue weighted by Crippen LogP contribution is 2.24. The van der Waals surface area contributed by atoms with Gasteiger partial charge in [-0.2, -0.15) is 5.10 Å². The van der Waals surface area contributed by atoms with Gasteiger partial charge in [-0.3, -0.25) is 14.4 Å². The maximum Gasteiger partial charge on any atom is 0.237 e. The van der Waals surface area contributed by atoms with E-state index in [-0.39, 0.29) is 11.9 Å². The van der Waals surface area contributed by atoms with Crippen molar-refractivity contribution in [1.82, 2.24) is 20.0 Å². The molecule has 5 nitrogen and oxygen atoms in total. The summed E-state index contributed by atoms with van der Waals surface area (Å²) in [6, 6.07) is 0.0937. The van der Waals surface area contributed by atoms with E-state index >= 15 is 0 Å². The van der Waals surface area contributed by atoms with E-state index in [0.717, 1.165) is 39.0 Å². The largest absolute Gasteiger partial charge is 0.355 e. The normalized spacial score (nSPS) is 25.8. The van der Waals surface area contributed by atoms with Crippen molar-refractivity contribution < 1.29 is 4.79 Å². The van der Waals surface area contributed by atoms with E-state index in [4.69, 9.17) is 11.6 Å². The van der Waals surface area contributed by atoms with Gasteiger partial charge in [-0.15, -0.1) is 0 Å². The average molecular weight is 269 g/mol. The molecule has 3 rings (SSSR count). The van der Waals surface area contributed by atoms with Crippen molar-refractivity contribution in [3.63, 3.8) is 0 Å². The van der Waals surface area contributed by atoms with Crippen LogP contribution in [0.3, 0.4) is 0 Å². The Morgan fingerprint density at radius 1 is 1.50 bits per heavy atom. The van der Waals surface area contributed by atoms with E-state index in [9.17, 15) is 4.79 Å². The van der Waals surface area contributed by atoms with E-state index in [0.29, 0.717) is 10.9 Å². The number of aromatic nitrogens is 2. The molecular weight excluding hydrogens is 252 g/mol. The quantitative estimate of drug-likeness (QED) is 0.880. The Balaban J connectivity index is 1.49. The summed E-state index contributed by atoms with van der Waals surface area (Å²) in [5.74, 6) is 0.775. The standard InChI is InChI=1S/C12H17ClN4O/c13-10-4-15-17(8-10)7-9-5-16(6-9)11-2-1-3-14-12(11)18/h4,8-9,11H,1-3,5-7H2,(H,14,18). The van der Waals surface area contributed by atoms with Crippen LogP contribution >= 0.6 is 11.6 Å². The third-order valence-electron chi connectivity index (χ3n) is 3.73. The molecule has 1 unspecified atom stereocenters. The summed E-state index contributed by atoms with van der Waals surface area (Å²) in [6.07, 6.45) is 5.59. The van der Waals surface area contributed by atoms with Gasteiger partial charge >= 0.3 is 0 Å². The highest BCUT2D eigenvalue weighted by molar-refractivity contribution is 6.30. The maximum absolute atomic E-state index is 11.7. The van der Waals surface area contributed by atoms with Crippen LogP contribution in [-0.2, 0) is 11.3 Å². The van der Waals surface area contributed by atoms with Gasteiger partial charge in [0.25, 0.3) is 0 Å². The number of rotatable bonds is 3. The number of hydrogen-bond acceptors (Lipinski definition) is 3. The topological polar surface area (TPSA) is 50.2 Å². The molecule has 1 aromatic rings. The predicted octanol–water partition coefficient (Wildman–Crippen LogP) is 0.747. The van der Waals surface area contributed by atoms with Crippen molar-refractivity contribution in [2.24, 2.45) is 5.92 Å². The molecule has 0 aromatic carbocycles. The molecule has 1 amide bonds. The lowest BCUT2D eigenvalue weighted by atomic mass is 9.94. The Bertz CT molecular complexity index is 441. The number of likely N-dealkylation sites (tertiary alicyclic amines) is 1. The van der Waals surface area contributed by atoms with E-state index in [2.05, 4.69) is 15.3 Å². The monoisotopic (exact) mass is 268 g/mol. The van der Waals surface area contributed by atoms with Crippen LogP contribution in [0.2, 0.25) is 5.02 Å². The van der Waals surface area contributed by atoms with Gasteiger partial charge in [-0.1, -0.05) is 11.6 Å². The van der Waals surface area contributed by atoms with Gasteiger partial charge in [0.15, 0.2) is 0 Å². The molecule has 3 heterocycles. The van der Waals surface area contributed by atoms with Crippen LogP contribution in [0.25, 0.3) is 0 Å². The molecule has 6 heteroatoms. The number of carbonyl (C=O) groups is 1. The number of carbonyl (C=O) groups excluding carboxylic acids is 1. The van der Waals surface area contributed by atoms with E-state index in [1.165, 1.54) is 0 Å². The molecule has 1 aromatic heterocycles. The molecule has 98 valence electrons. The van der Waals surface area contributed by atoms with Crippen molar-refractivity contribution >= 4 is 17.5 Å². The SMILES string of the molecule is O=C1NCCCC1N1CC(Cn2cc(Cl)cn2)C1. The van der Waals surface area contributed by atoms with E-state index in [1.54, 1.807) is 6.20 Å². The second-order valence-electron chi connectivity index (χ2n) is 5.15. The first-order valence-electron chi connectivity index (χ1n) is 6.42. The van der Waals surface area contributed by atoms with Crippen molar-refractivity contribution in [3.8, 4) is 0 Å². The van der Waals surface area contributed by atoms with Crippen LogP contribution in [-0.4, -0.2) is 46.3 Å². The lowest BCUT2D eigenvalue weighted by Crippen LogP contribution is -2.59. The van der Waals surface area contributed by atoms with E-state index < -0.39 is 0 Å². The lowest BCUT2D eigenvalue weighted by molar-refractivity contribution is -0.131. The molecule has 0 radical (unpaired) electrons. The van der Waals surface area contributed by atoms with E-state index in [1.807, 2.05) is 10.9 Å². The molecule has 1 N–H and O–H groups in total. The van der Waals surface area contributed by atoms with Gasteiger partial charge in [-0.05, 0) is 12.8 Å². The van der Waals surface area contributed by atoms with Gasteiger partial charge in [0, 0.05) is 38.3 Å². The number of amides is 1. The minimum absolute atomic E-state index is 0.0937. The number of halogens is 1. The molecule has 0 bridgehead atoms. The summed E-state index contributed by atoms with van der Waals surface area (Å²) in [6.45, 7) is 3.68. The van der Waals surface area contributed by atoms with Crippen molar-refractivity contribution in [1.29, 1.82) is 0 Å². The molecule has 0 saturated carbocycles. The number of nitrogens with one attached hydrogen (secondary N) is 1. The van der Waals surface area contributed by atoms with Gasteiger partial charge < -0.3 is 5.32 Å². The first-order chi connectivity index (χ1) is 8.72. The lowest BCUT2D eigenvalue weighted by Gasteiger charge is -2.44. The first kappa shape index (κ1) is 12.0. The fraction of sp³-hybridized carbons (Fsp3) is 0.667. The Morgan fingerprint density at radius 3 is 3.00 bits per heavy atom. The summed E-state index contributed by atoms with van der Waals surface area (Å²) in [5.41, 5.74) is 0. The molecule has 1 atom stereocenters. The summed E-state index contributed by atoms with van der Waals surface area (Å²) in [4.78, 5) is 14.0. The molecule has 2 saturated heterocycles. The second kappa shape index (κ2) is 4.90. The van der Waals surface area contributed by atoms with Crippen molar-refractivity contribution in [2.75, 3.05) is 19.6 Å². The zero-order valence-corrected chi connectivity index (χ0v) is 10.9. The smallest absolute Gasteiger partial charge is 0.237 e. The fourth-order valence-corrected chi connectivity index (χ4v) is 2.94. The highest BCUT2D eigenvalue weighted by Gasteiger charge is 2.37. The Morgan fingerprint density at radius 2 is 2.33 bits per heavy atom. The summed E-state index contributed by atoms with van der Waals surface area (Å²) >= 11 is 5.83. The van der Waals surface area contributed by atoms with Crippen LogP contribution in [0.5, 0.6) is 0 Å². The molecule has 2 aliphatic heterocycles. The van der Waals surface area contributed by atoms with Crippen LogP contribution < -0.4 is 5.32 Å². The summed E-state index contributed by atoms with van der Waals surface area (Å²) < 4.78 is 1.88. The third kappa shape index (κ3) is 2.37. The molecular formula is C12H17ClN4O. The van der Waals surface area contributed by atoms with Gasteiger partial charge in [0.1, 0.15) is 0 Å². The van der Waals surface area contributed by atoms with Crippen molar-refractivity contribution in [2.45, 2.75) is 25.4 Å². The fourth-order valence-electron chi connectivity index (χ4n) is 2.79. The molecule has 0 spiro atoms. The molecule has 0 aliphatic carbocycles. The zero-order valence-electron chi connectivity index (χ0n) is 10.2. The minimum atomic E-state index is 0.0937. The maximum atomic E-state index is 11.7.